The summed E-state index contributed by atoms with van der Waals surface area (Å²) in [5, 5.41) is 0. The summed E-state index contributed by atoms with van der Waals surface area (Å²) >= 11 is 0. The number of ether oxygens (including phenoxy) is 1. The van der Waals surface area contributed by atoms with E-state index in [1.165, 1.54) is 32.2 Å². The van der Waals surface area contributed by atoms with Gasteiger partial charge in [0.2, 0.25) is 0 Å². The van der Waals surface area contributed by atoms with Gasteiger partial charge in [-0.1, -0.05) is 13.8 Å². The van der Waals surface area contributed by atoms with E-state index < -0.39 is 0 Å². The SMILES string of the molecule is COC1CCC(N(C)CC(C)C)CC1. The highest BCUT2D eigenvalue weighted by Gasteiger charge is 2.23. The van der Waals surface area contributed by atoms with Crippen LogP contribution in [0.1, 0.15) is 39.5 Å². The minimum atomic E-state index is 0.527. The molecule has 0 aliphatic heterocycles. The molecule has 1 fully saturated rings. The van der Waals surface area contributed by atoms with E-state index in [4.69, 9.17) is 4.74 Å². The van der Waals surface area contributed by atoms with Crippen LogP contribution in [0.4, 0.5) is 0 Å². The van der Waals surface area contributed by atoms with Gasteiger partial charge in [-0.25, -0.2) is 0 Å². The summed E-state index contributed by atoms with van der Waals surface area (Å²) in [6.07, 6.45) is 5.62. The van der Waals surface area contributed by atoms with E-state index in [0.29, 0.717) is 6.10 Å². The molecule has 2 heteroatoms. The molecule has 1 aliphatic rings. The van der Waals surface area contributed by atoms with Crippen molar-refractivity contribution in [1.82, 2.24) is 4.90 Å². The standard InChI is InChI=1S/C12H25NO/c1-10(2)9-13(3)11-5-7-12(14-4)8-6-11/h10-12H,5-9H2,1-4H3. The van der Waals surface area contributed by atoms with E-state index in [0.717, 1.165) is 12.0 Å². The minimum absolute atomic E-state index is 0.527. The fourth-order valence-corrected chi connectivity index (χ4v) is 2.45. The van der Waals surface area contributed by atoms with Crippen LogP contribution in [0.25, 0.3) is 0 Å². The van der Waals surface area contributed by atoms with Gasteiger partial charge in [-0.05, 0) is 38.6 Å². The van der Waals surface area contributed by atoms with Crippen LogP contribution in [0.15, 0.2) is 0 Å². The third-order valence-corrected chi connectivity index (χ3v) is 3.25. The Morgan fingerprint density at radius 3 is 2.21 bits per heavy atom. The van der Waals surface area contributed by atoms with Crippen LogP contribution in [-0.2, 0) is 4.74 Å². The molecule has 0 heterocycles. The average Bonchev–Trinajstić information content (AvgIpc) is 2.17. The van der Waals surface area contributed by atoms with Crippen LogP contribution in [0.5, 0.6) is 0 Å². The molecule has 0 unspecified atom stereocenters. The molecule has 1 rings (SSSR count). The normalized spacial score (nSPS) is 28.7. The molecular formula is C12H25NO. The lowest BCUT2D eigenvalue weighted by molar-refractivity contribution is 0.0421. The first-order valence-electron chi connectivity index (χ1n) is 5.86. The molecule has 0 aromatic rings. The highest BCUT2D eigenvalue weighted by Crippen LogP contribution is 2.24. The van der Waals surface area contributed by atoms with Crippen molar-refractivity contribution in [1.29, 1.82) is 0 Å². The van der Waals surface area contributed by atoms with E-state index in [-0.39, 0.29) is 0 Å². The summed E-state index contributed by atoms with van der Waals surface area (Å²) in [7, 11) is 4.10. The smallest absolute Gasteiger partial charge is 0.0572 e. The zero-order valence-corrected chi connectivity index (χ0v) is 10.1. The van der Waals surface area contributed by atoms with Gasteiger partial charge in [0.15, 0.2) is 0 Å². The second-order valence-corrected chi connectivity index (χ2v) is 5.00. The third-order valence-electron chi connectivity index (χ3n) is 3.25. The summed E-state index contributed by atoms with van der Waals surface area (Å²) in [4.78, 5) is 2.52. The van der Waals surface area contributed by atoms with Gasteiger partial charge in [0.05, 0.1) is 6.10 Å². The van der Waals surface area contributed by atoms with Gasteiger partial charge < -0.3 is 9.64 Å². The Kier molecular flexibility index (Phi) is 4.90. The molecule has 0 spiro atoms. The molecule has 0 aromatic carbocycles. The Morgan fingerprint density at radius 1 is 1.21 bits per heavy atom. The third kappa shape index (κ3) is 3.58. The molecule has 0 amide bonds. The Morgan fingerprint density at radius 2 is 1.79 bits per heavy atom. The van der Waals surface area contributed by atoms with Crippen LogP contribution in [0, 0.1) is 5.92 Å². The van der Waals surface area contributed by atoms with Crippen molar-refractivity contribution >= 4 is 0 Å². The first-order valence-corrected chi connectivity index (χ1v) is 5.86. The maximum atomic E-state index is 5.38. The molecule has 0 atom stereocenters. The van der Waals surface area contributed by atoms with Crippen LogP contribution < -0.4 is 0 Å². The van der Waals surface area contributed by atoms with Crippen LogP contribution in [0.2, 0.25) is 0 Å². The fraction of sp³-hybridized carbons (Fsp3) is 1.00. The van der Waals surface area contributed by atoms with Crippen LogP contribution in [-0.4, -0.2) is 37.7 Å². The molecule has 84 valence electrons. The summed E-state index contributed by atoms with van der Waals surface area (Å²) in [6, 6.07) is 0.795. The van der Waals surface area contributed by atoms with Crippen molar-refractivity contribution in [3.63, 3.8) is 0 Å². The molecule has 2 nitrogen and oxygen atoms in total. The largest absolute Gasteiger partial charge is 0.381 e. The van der Waals surface area contributed by atoms with Crippen molar-refractivity contribution < 1.29 is 4.74 Å². The van der Waals surface area contributed by atoms with E-state index in [2.05, 4.69) is 25.8 Å². The van der Waals surface area contributed by atoms with Crippen molar-refractivity contribution in [3.8, 4) is 0 Å². The van der Waals surface area contributed by atoms with Crippen LogP contribution in [0.3, 0.4) is 0 Å². The summed E-state index contributed by atoms with van der Waals surface area (Å²) in [5.74, 6) is 0.778. The van der Waals surface area contributed by atoms with Crippen molar-refractivity contribution in [2.45, 2.75) is 51.7 Å². The number of methoxy groups -OCH3 is 1. The van der Waals surface area contributed by atoms with Gasteiger partial charge in [-0.3, -0.25) is 0 Å². The molecular weight excluding hydrogens is 174 g/mol. The molecule has 0 aromatic heterocycles. The van der Waals surface area contributed by atoms with E-state index in [9.17, 15) is 0 Å². The number of hydrogen-bond acceptors (Lipinski definition) is 2. The second-order valence-electron chi connectivity index (χ2n) is 5.00. The maximum Gasteiger partial charge on any atom is 0.0572 e. The quantitative estimate of drug-likeness (QED) is 0.690. The fourth-order valence-electron chi connectivity index (χ4n) is 2.45. The molecule has 14 heavy (non-hydrogen) atoms. The molecule has 0 N–H and O–H groups in total. The lowest BCUT2D eigenvalue weighted by Crippen LogP contribution is -2.38. The monoisotopic (exact) mass is 199 g/mol. The molecule has 0 radical (unpaired) electrons. The van der Waals surface area contributed by atoms with Gasteiger partial charge in [0.1, 0.15) is 0 Å². The topological polar surface area (TPSA) is 12.5 Å². The highest BCUT2D eigenvalue weighted by atomic mass is 16.5. The summed E-state index contributed by atoms with van der Waals surface area (Å²) in [5.41, 5.74) is 0. The van der Waals surface area contributed by atoms with Gasteiger partial charge in [0.25, 0.3) is 0 Å². The first kappa shape index (κ1) is 12.0. The highest BCUT2D eigenvalue weighted by molar-refractivity contribution is 4.78. The summed E-state index contributed by atoms with van der Waals surface area (Å²) < 4.78 is 5.38. The second kappa shape index (κ2) is 5.72. The van der Waals surface area contributed by atoms with Gasteiger partial charge in [-0.2, -0.15) is 0 Å². The van der Waals surface area contributed by atoms with Gasteiger partial charge in [0, 0.05) is 19.7 Å². The predicted molar refractivity (Wildman–Crippen MR) is 60.5 cm³/mol. The Balaban J connectivity index is 2.26. The van der Waals surface area contributed by atoms with E-state index in [1.807, 2.05) is 7.11 Å². The van der Waals surface area contributed by atoms with Crippen LogP contribution >= 0.6 is 0 Å². The van der Waals surface area contributed by atoms with E-state index >= 15 is 0 Å². The lowest BCUT2D eigenvalue weighted by Gasteiger charge is -2.35. The van der Waals surface area contributed by atoms with Crippen molar-refractivity contribution in [2.75, 3.05) is 20.7 Å². The number of rotatable bonds is 4. The Hall–Kier alpha value is -0.0800. The number of hydrogen-bond donors (Lipinski definition) is 0. The lowest BCUT2D eigenvalue weighted by atomic mass is 9.91. The zero-order valence-electron chi connectivity index (χ0n) is 10.1. The van der Waals surface area contributed by atoms with Crippen molar-refractivity contribution in [2.24, 2.45) is 5.92 Å². The number of nitrogens with zero attached hydrogens (tertiary/aromatic N) is 1. The molecule has 1 aliphatic carbocycles. The van der Waals surface area contributed by atoms with Gasteiger partial charge in [-0.15, -0.1) is 0 Å². The van der Waals surface area contributed by atoms with Crippen molar-refractivity contribution in [3.05, 3.63) is 0 Å². The summed E-state index contributed by atoms with van der Waals surface area (Å²) in [6.45, 7) is 5.80. The zero-order chi connectivity index (χ0) is 10.6. The maximum absolute atomic E-state index is 5.38. The predicted octanol–water partition coefficient (Wildman–Crippen LogP) is 2.53. The van der Waals surface area contributed by atoms with E-state index in [1.54, 1.807) is 0 Å². The Labute approximate surface area is 88.6 Å². The first-order chi connectivity index (χ1) is 6.63. The minimum Gasteiger partial charge on any atom is -0.381 e. The molecule has 1 saturated carbocycles. The molecule has 0 saturated heterocycles. The Bertz CT molecular complexity index is 150. The molecule has 0 bridgehead atoms. The van der Waals surface area contributed by atoms with Gasteiger partial charge >= 0.3 is 0 Å². The average molecular weight is 199 g/mol.